The first-order valence-corrected chi connectivity index (χ1v) is 10.1. The first kappa shape index (κ1) is 16.8. The molecule has 4 nitrogen and oxygen atoms in total. The fourth-order valence-electron chi connectivity index (χ4n) is 3.97. The van der Waals surface area contributed by atoms with Crippen molar-refractivity contribution >= 4 is 32.6 Å². The van der Waals surface area contributed by atoms with Crippen molar-refractivity contribution in [2.45, 2.75) is 51.0 Å². The Morgan fingerprint density at radius 2 is 2.04 bits per heavy atom. The number of benzene rings is 1. The van der Waals surface area contributed by atoms with Crippen LogP contribution in [0.15, 0.2) is 18.2 Å². The zero-order valence-electron chi connectivity index (χ0n) is 14.3. The van der Waals surface area contributed by atoms with Crippen LogP contribution in [0.1, 0.15) is 44.9 Å². The van der Waals surface area contributed by atoms with Crippen molar-refractivity contribution in [3.05, 3.63) is 24.0 Å². The van der Waals surface area contributed by atoms with Gasteiger partial charge in [0.25, 0.3) is 0 Å². The van der Waals surface area contributed by atoms with Gasteiger partial charge in [-0.1, -0.05) is 36.7 Å². The van der Waals surface area contributed by atoms with Gasteiger partial charge >= 0.3 is 0 Å². The lowest BCUT2D eigenvalue weighted by Gasteiger charge is -2.33. The smallest absolute Gasteiger partial charge is 0.225 e. The van der Waals surface area contributed by atoms with E-state index in [1.807, 2.05) is 6.07 Å². The highest BCUT2D eigenvalue weighted by atomic mass is 32.1. The van der Waals surface area contributed by atoms with Crippen LogP contribution in [0.25, 0.3) is 10.2 Å². The Balaban J connectivity index is 1.44. The summed E-state index contributed by atoms with van der Waals surface area (Å²) in [6, 6.07) is 5.42. The van der Waals surface area contributed by atoms with Crippen molar-refractivity contribution < 1.29 is 9.18 Å². The molecule has 1 atom stereocenters. The number of thiazole rings is 1. The number of nitrogens with one attached hydrogen (secondary N) is 1. The second-order valence-electron chi connectivity index (χ2n) is 7.21. The molecular weight excluding hydrogens is 337 g/mol. The second-order valence-corrected chi connectivity index (χ2v) is 8.22. The highest BCUT2D eigenvalue weighted by Crippen LogP contribution is 2.32. The van der Waals surface area contributed by atoms with Crippen molar-refractivity contribution in [3.8, 4) is 0 Å². The van der Waals surface area contributed by atoms with E-state index in [1.54, 1.807) is 6.07 Å². The summed E-state index contributed by atoms with van der Waals surface area (Å²) in [6.45, 7) is 1.56. The van der Waals surface area contributed by atoms with Crippen LogP contribution in [0.4, 0.5) is 9.52 Å². The van der Waals surface area contributed by atoms with E-state index in [2.05, 4.69) is 15.2 Å². The molecule has 0 radical (unpaired) electrons. The Hall–Kier alpha value is -1.69. The molecule has 1 aliphatic heterocycles. The number of piperidine rings is 1. The summed E-state index contributed by atoms with van der Waals surface area (Å²) in [4.78, 5) is 19.3. The molecular formula is C19H24FN3OS. The predicted octanol–water partition coefficient (Wildman–Crippen LogP) is 4.10. The SMILES string of the molecule is O=C(NC1CCCCC1)C1CCCN(c2nc3c(F)cccc3s2)C1. The predicted molar refractivity (Wildman–Crippen MR) is 99.5 cm³/mol. The quantitative estimate of drug-likeness (QED) is 0.895. The molecule has 1 N–H and O–H groups in total. The van der Waals surface area contributed by atoms with Crippen LogP contribution < -0.4 is 10.2 Å². The molecule has 0 bridgehead atoms. The molecule has 1 aromatic heterocycles. The normalized spacial score (nSPS) is 22.3. The molecule has 2 heterocycles. The maximum Gasteiger partial charge on any atom is 0.225 e. The third kappa shape index (κ3) is 3.64. The van der Waals surface area contributed by atoms with Gasteiger partial charge in [-0.25, -0.2) is 9.37 Å². The summed E-state index contributed by atoms with van der Waals surface area (Å²) < 4.78 is 14.8. The van der Waals surface area contributed by atoms with Crippen LogP contribution in [-0.4, -0.2) is 30.0 Å². The number of aromatic nitrogens is 1. The van der Waals surface area contributed by atoms with Crippen LogP contribution >= 0.6 is 11.3 Å². The molecule has 2 aromatic rings. The summed E-state index contributed by atoms with van der Waals surface area (Å²) in [7, 11) is 0. The number of anilines is 1. The number of para-hydroxylation sites is 1. The second kappa shape index (κ2) is 7.28. The number of amides is 1. The van der Waals surface area contributed by atoms with Crippen LogP contribution in [0.5, 0.6) is 0 Å². The molecule has 25 heavy (non-hydrogen) atoms. The topological polar surface area (TPSA) is 45.2 Å². The van der Waals surface area contributed by atoms with Gasteiger partial charge in [0.1, 0.15) is 11.3 Å². The standard InChI is InChI=1S/C19H24FN3OS/c20-15-9-4-10-16-17(15)22-19(25-16)23-11-5-6-13(12-23)18(24)21-14-7-2-1-3-8-14/h4,9-10,13-14H,1-3,5-8,11-12H2,(H,21,24). The summed E-state index contributed by atoms with van der Waals surface area (Å²) in [5, 5.41) is 4.08. The van der Waals surface area contributed by atoms with Crippen molar-refractivity contribution in [1.82, 2.24) is 10.3 Å². The molecule has 4 rings (SSSR count). The van der Waals surface area contributed by atoms with E-state index in [9.17, 15) is 9.18 Å². The first-order chi connectivity index (χ1) is 12.2. The monoisotopic (exact) mass is 361 g/mol. The Morgan fingerprint density at radius 3 is 2.84 bits per heavy atom. The van der Waals surface area contributed by atoms with Crippen molar-refractivity contribution in [2.75, 3.05) is 18.0 Å². The minimum atomic E-state index is -0.274. The van der Waals surface area contributed by atoms with Gasteiger partial charge < -0.3 is 10.2 Å². The number of hydrogen-bond acceptors (Lipinski definition) is 4. The average Bonchev–Trinajstić information content (AvgIpc) is 3.08. The van der Waals surface area contributed by atoms with Gasteiger partial charge in [-0.05, 0) is 37.8 Å². The zero-order valence-corrected chi connectivity index (χ0v) is 15.2. The number of rotatable bonds is 3. The van der Waals surface area contributed by atoms with E-state index in [1.165, 1.54) is 36.7 Å². The number of carbonyl (C=O) groups is 1. The lowest BCUT2D eigenvalue weighted by molar-refractivity contribution is -0.126. The molecule has 1 aromatic carbocycles. The molecule has 1 aliphatic carbocycles. The van der Waals surface area contributed by atoms with Crippen molar-refractivity contribution in [3.63, 3.8) is 0 Å². The van der Waals surface area contributed by atoms with E-state index in [4.69, 9.17) is 0 Å². The fourth-order valence-corrected chi connectivity index (χ4v) is 4.98. The molecule has 2 aliphatic rings. The minimum absolute atomic E-state index is 0.00698. The van der Waals surface area contributed by atoms with Crippen molar-refractivity contribution in [2.24, 2.45) is 5.92 Å². The largest absolute Gasteiger partial charge is 0.353 e. The molecule has 134 valence electrons. The average molecular weight is 361 g/mol. The molecule has 1 unspecified atom stereocenters. The van der Waals surface area contributed by atoms with Crippen LogP contribution in [0.3, 0.4) is 0 Å². The summed E-state index contributed by atoms with van der Waals surface area (Å²) in [5.41, 5.74) is 0.441. The van der Waals surface area contributed by atoms with Gasteiger partial charge in [-0.3, -0.25) is 4.79 Å². The van der Waals surface area contributed by atoms with Gasteiger partial charge in [0.15, 0.2) is 5.13 Å². The van der Waals surface area contributed by atoms with Gasteiger partial charge in [0.05, 0.1) is 10.6 Å². The van der Waals surface area contributed by atoms with E-state index in [-0.39, 0.29) is 17.6 Å². The Kier molecular flexibility index (Phi) is 4.88. The summed E-state index contributed by atoms with van der Waals surface area (Å²) >= 11 is 1.51. The first-order valence-electron chi connectivity index (χ1n) is 9.31. The zero-order chi connectivity index (χ0) is 17.2. The maximum atomic E-state index is 13.9. The van der Waals surface area contributed by atoms with E-state index in [0.29, 0.717) is 18.1 Å². The van der Waals surface area contributed by atoms with E-state index in [0.717, 1.165) is 42.1 Å². The Bertz CT molecular complexity index is 756. The summed E-state index contributed by atoms with van der Waals surface area (Å²) in [6.07, 6.45) is 7.85. The van der Waals surface area contributed by atoms with Crippen LogP contribution in [0, 0.1) is 11.7 Å². The third-order valence-electron chi connectivity index (χ3n) is 5.37. The number of fused-ring (bicyclic) bond motifs is 1. The number of hydrogen-bond donors (Lipinski definition) is 1. The number of carbonyl (C=O) groups excluding carboxylic acids is 1. The highest BCUT2D eigenvalue weighted by Gasteiger charge is 2.29. The van der Waals surface area contributed by atoms with Crippen molar-refractivity contribution in [1.29, 1.82) is 0 Å². The lowest BCUT2D eigenvalue weighted by atomic mass is 9.93. The molecule has 0 spiro atoms. The highest BCUT2D eigenvalue weighted by molar-refractivity contribution is 7.22. The van der Waals surface area contributed by atoms with Gasteiger partial charge in [0.2, 0.25) is 5.91 Å². The fraction of sp³-hybridized carbons (Fsp3) is 0.579. The molecule has 2 fully saturated rings. The van der Waals surface area contributed by atoms with E-state index < -0.39 is 0 Å². The molecule has 1 saturated carbocycles. The Labute approximate surface area is 151 Å². The van der Waals surface area contributed by atoms with Crippen LogP contribution in [-0.2, 0) is 4.79 Å². The number of halogens is 1. The molecule has 1 amide bonds. The Morgan fingerprint density at radius 1 is 1.20 bits per heavy atom. The number of nitrogens with zero attached hydrogens (tertiary/aromatic N) is 2. The molecule has 6 heteroatoms. The van der Waals surface area contributed by atoms with Gasteiger partial charge in [-0.2, -0.15) is 0 Å². The maximum absolute atomic E-state index is 13.9. The molecule has 1 saturated heterocycles. The van der Waals surface area contributed by atoms with Crippen LogP contribution in [0.2, 0.25) is 0 Å². The van der Waals surface area contributed by atoms with E-state index >= 15 is 0 Å². The minimum Gasteiger partial charge on any atom is -0.353 e. The summed E-state index contributed by atoms with van der Waals surface area (Å²) in [5.74, 6) is -0.0833. The lowest BCUT2D eigenvalue weighted by Crippen LogP contribution is -2.46. The third-order valence-corrected chi connectivity index (χ3v) is 6.45. The van der Waals surface area contributed by atoms with Gasteiger partial charge in [0, 0.05) is 19.1 Å². The van der Waals surface area contributed by atoms with Gasteiger partial charge in [-0.15, -0.1) is 0 Å².